The van der Waals surface area contributed by atoms with Crippen molar-refractivity contribution in [2.24, 2.45) is 0 Å². The molecule has 0 bridgehead atoms. The summed E-state index contributed by atoms with van der Waals surface area (Å²) in [7, 11) is 0. The van der Waals surface area contributed by atoms with E-state index in [0.717, 1.165) is 6.07 Å². The molecule has 0 spiro atoms. The second-order valence-electron chi connectivity index (χ2n) is 2.92. The Kier molecular flexibility index (Phi) is 2.63. The molecule has 0 unspecified atom stereocenters. The molecule has 3 heteroatoms. The van der Waals surface area contributed by atoms with E-state index in [2.05, 4.69) is 5.32 Å². The predicted octanol–water partition coefficient (Wildman–Crippen LogP) is 2.79. The molecule has 0 heterocycles. The van der Waals surface area contributed by atoms with Crippen LogP contribution in [0.15, 0.2) is 18.2 Å². The molecule has 12 heavy (non-hydrogen) atoms. The number of halogens is 2. The number of anilines is 1. The number of rotatable bonds is 2. The van der Waals surface area contributed by atoms with Crippen molar-refractivity contribution in [3.63, 3.8) is 0 Å². The van der Waals surface area contributed by atoms with Crippen molar-refractivity contribution in [3.8, 4) is 0 Å². The van der Waals surface area contributed by atoms with Crippen LogP contribution in [0.4, 0.5) is 14.5 Å². The lowest BCUT2D eigenvalue weighted by Crippen LogP contribution is -2.10. The van der Waals surface area contributed by atoms with Gasteiger partial charge < -0.3 is 5.32 Å². The SMILES string of the molecule is CC(C)Nc1ccc(F)cc1F. The summed E-state index contributed by atoms with van der Waals surface area (Å²) in [5.74, 6) is -1.11. The molecule has 0 saturated carbocycles. The normalized spacial score (nSPS) is 10.4. The average Bonchev–Trinajstić information content (AvgIpc) is 1.94. The van der Waals surface area contributed by atoms with Crippen LogP contribution < -0.4 is 5.32 Å². The van der Waals surface area contributed by atoms with Gasteiger partial charge in [-0.05, 0) is 26.0 Å². The third-order valence-electron chi connectivity index (χ3n) is 1.38. The molecule has 1 N–H and O–H groups in total. The zero-order valence-electron chi connectivity index (χ0n) is 7.07. The quantitative estimate of drug-likeness (QED) is 0.721. The molecule has 0 saturated heterocycles. The lowest BCUT2D eigenvalue weighted by Gasteiger charge is -2.10. The van der Waals surface area contributed by atoms with Crippen molar-refractivity contribution in [3.05, 3.63) is 29.8 Å². The van der Waals surface area contributed by atoms with Crippen LogP contribution in [-0.2, 0) is 0 Å². The van der Waals surface area contributed by atoms with Gasteiger partial charge in [-0.15, -0.1) is 0 Å². The van der Waals surface area contributed by atoms with Gasteiger partial charge in [-0.2, -0.15) is 0 Å². The van der Waals surface area contributed by atoms with Crippen LogP contribution in [0.5, 0.6) is 0 Å². The summed E-state index contributed by atoms with van der Waals surface area (Å²) in [4.78, 5) is 0. The van der Waals surface area contributed by atoms with Gasteiger partial charge in [-0.25, -0.2) is 8.78 Å². The molecule has 1 rings (SSSR count). The Morgan fingerprint density at radius 1 is 1.25 bits per heavy atom. The molecule has 66 valence electrons. The van der Waals surface area contributed by atoms with Gasteiger partial charge in [-0.3, -0.25) is 0 Å². The summed E-state index contributed by atoms with van der Waals surface area (Å²) in [6, 6.07) is 3.63. The lowest BCUT2D eigenvalue weighted by molar-refractivity contribution is 0.584. The molecule has 0 atom stereocenters. The minimum absolute atomic E-state index is 0.143. The zero-order valence-corrected chi connectivity index (χ0v) is 7.07. The van der Waals surface area contributed by atoms with Gasteiger partial charge in [0.2, 0.25) is 0 Å². The molecule has 1 nitrogen and oxygen atoms in total. The molecule has 0 fully saturated rings. The van der Waals surface area contributed by atoms with Crippen molar-refractivity contribution >= 4 is 5.69 Å². The summed E-state index contributed by atoms with van der Waals surface area (Å²) in [6.45, 7) is 3.78. The topological polar surface area (TPSA) is 12.0 Å². The molecule has 0 aliphatic carbocycles. The average molecular weight is 171 g/mol. The molecular formula is C9H11F2N. The number of benzene rings is 1. The standard InChI is InChI=1S/C9H11F2N/c1-6(2)12-9-4-3-7(10)5-8(9)11/h3-6,12H,1-2H3. The van der Waals surface area contributed by atoms with E-state index in [1.165, 1.54) is 12.1 Å². The van der Waals surface area contributed by atoms with Gasteiger partial charge in [0.25, 0.3) is 0 Å². The Hall–Kier alpha value is -1.12. The van der Waals surface area contributed by atoms with Crippen molar-refractivity contribution < 1.29 is 8.78 Å². The predicted molar refractivity (Wildman–Crippen MR) is 45.1 cm³/mol. The van der Waals surface area contributed by atoms with Crippen molar-refractivity contribution in [2.45, 2.75) is 19.9 Å². The minimum Gasteiger partial charge on any atom is -0.381 e. The first kappa shape index (κ1) is 8.97. The first-order valence-electron chi connectivity index (χ1n) is 3.81. The lowest BCUT2D eigenvalue weighted by atomic mass is 10.2. The van der Waals surface area contributed by atoms with Gasteiger partial charge in [0, 0.05) is 12.1 Å². The molecule has 0 aromatic heterocycles. The van der Waals surface area contributed by atoms with Crippen LogP contribution in [0.25, 0.3) is 0 Å². The largest absolute Gasteiger partial charge is 0.381 e. The Labute approximate surface area is 70.4 Å². The highest BCUT2D eigenvalue weighted by molar-refractivity contribution is 5.45. The van der Waals surface area contributed by atoms with E-state index in [9.17, 15) is 8.78 Å². The van der Waals surface area contributed by atoms with Crippen LogP contribution in [0.1, 0.15) is 13.8 Å². The number of nitrogens with one attached hydrogen (secondary N) is 1. The van der Waals surface area contributed by atoms with Gasteiger partial charge in [-0.1, -0.05) is 0 Å². The van der Waals surface area contributed by atoms with Gasteiger partial charge in [0.15, 0.2) is 0 Å². The second kappa shape index (κ2) is 3.52. The Balaban J connectivity index is 2.86. The van der Waals surface area contributed by atoms with E-state index in [1.54, 1.807) is 0 Å². The van der Waals surface area contributed by atoms with E-state index in [0.29, 0.717) is 5.69 Å². The maximum atomic E-state index is 12.9. The molecule has 0 aliphatic heterocycles. The van der Waals surface area contributed by atoms with E-state index in [-0.39, 0.29) is 6.04 Å². The third-order valence-corrected chi connectivity index (χ3v) is 1.38. The summed E-state index contributed by atoms with van der Waals surface area (Å²) in [5, 5.41) is 2.86. The highest BCUT2D eigenvalue weighted by Gasteiger charge is 2.03. The fourth-order valence-electron chi connectivity index (χ4n) is 0.918. The number of hydrogen-bond acceptors (Lipinski definition) is 1. The number of hydrogen-bond donors (Lipinski definition) is 1. The van der Waals surface area contributed by atoms with E-state index in [1.807, 2.05) is 13.8 Å². The molecule has 0 aliphatic rings. The van der Waals surface area contributed by atoms with Crippen molar-refractivity contribution in [1.29, 1.82) is 0 Å². The summed E-state index contributed by atoms with van der Waals surface area (Å²) in [6.07, 6.45) is 0. The smallest absolute Gasteiger partial charge is 0.149 e. The van der Waals surface area contributed by atoms with Crippen LogP contribution in [0.3, 0.4) is 0 Å². The second-order valence-corrected chi connectivity index (χ2v) is 2.92. The highest BCUT2D eigenvalue weighted by atomic mass is 19.1. The van der Waals surface area contributed by atoms with Crippen molar-refractivity contribution in [2.75, 3.05) is 5.32 Å². The summed E-state index contributed by atoms with van der Waals surface area (Å²) < 4.78 is 25.3. The van der Waals surface area contributed by atoms with Gasteiger partial charge >= 0.3 is 0 Å². The van der Waals surface area contributed by atoms with E-state index >= 15 is 0 Å². The van der Waals surface area contributed by atoms with Crippen LogP contribution in [0.2, 0.25) is 0 Å². The van der Waals surface area contributed by atoms with Crippen LogP contribution in [0, 0.1) is 11.6 Å². The highest BCUT2D eigenvalue weighted by Crippen LogP contribution is 2.15. The van der Waals surface area contributed by atoms with Crippen LogP contribution >= 0.6 is 0 Å². The first-order valence-corrected chi connectivity index (χ1v) is 3.81. The molecule has 0 amide bonds. The zero-order chi connectivity index (χ0) is 9.14. The van der Waals surface area contributed by atoms with Crippen LogP contribution in [-0.4, -0.2) is 6.04 Å². The molecular weight excluding hydrogens is 160 g/mol. The molecule has 1 aromatic carbocycles. The van der Waals surface area contributed by atoms with Gasteiger partial charge in [0.1, 0.15) is 11.6 Å². The maximum Gasteiger partial charge on any atom is 0.149 e. The van der Waals surface area contributed by atoms with Gasteiger partial charge in [0.05, 0.1) is 5.69 Å². The Morgan fingerprint density at radius 3 is 2.42 bits per heavy atom. The third kappa shape index (κ3) is 2.19. The fraction of sp³-hybridized carbons (Fsp3) is 0.333. The molecule has 1 aromatic rings. The summed E-state index contributed by atoms with van der Waals surface area (Å²) in [5.41, 5.74) is 0.339. The fourth-order valence-corrected chi connectivity index (χ4v) is 0.918. The minimum atomic E-state index is -0.554. The summed E-state index contributed by atoms with van der Waals surface area (Å²) >= 11 is 0. The first-order chi connectivity index (χ1) is 5.59. The molecule has 0 radical (unpaired) electrons. The Morgan fingerprint density at radius 2 is 1.92 bits per heavy atom. The van der Waals surface area contributed by atoms with E-state index in [4.69, 9.17) is 0 Å². The Bertz CT molecular complexity index is 271. The van der Waals surface area contributed by atoms with Crippen molar-refractivity contribution in [1.82, 2.24) is 0 Å². The monoisotopic (exact) mass is 171 g/mol. The maximum absolute atomic E-state index is 12.9. The van der Waals surface area contributed by atoms with E-state index < -0.39 is 11.6 Å².